The lowest BCUT2D eigenvalue weighted by atomic mass is 10.2. The number of ether oxygens (including phenoxy) is 2. The molecule has 0 bridgehead atoms. The van der Waals surface area contributed by atoms with Crippen molar-refractivity contribution in [1.29, 1.82) is 0 Å². The molecule has 0 fully saturated rings. The first kappa shape index (κ1) is 21.5. The van der Waals surface area contributed by atoms with Gasteiger partial charge in [0.2, 0.25) is 0 Å². The number of carbonyl (C=O) groups excluding carboxylic acids is 1. The Hall–Kier alpha value is 0.500. The first-order valence-corrected chi connectivity index (χ1v) is 9.90. The molecule has 0 aliphatic carbocycles. The summed E-state index contributed by atoms with van der Waals surface area (Å²) in [6, 6.07) is 3.73. The summed E-state index contributed by atoms with van der Waals surface area (Å²) in [5.41, 5.74) is 0.983. The monoisotopic (exact) mass is 658 g/mol. The Kier molecular flexibility index (Phi) is 9.82. The lowest BCUT2D eigenvalue weighted by molar-refractivity contribution is -0.0819. The summed E-state index contributed by atoms with van der Waals surface area (Å²) in [5.74, 6) is -0.465. The molecule has 2 unspecified atom stereocenters. The van der Waals surface area contributed by atoms with Crippen LogP contribution in [-0.4, -0.2) is 41.8 Å². The molecule has 1 rings (SSSR count). The Bertz CT molecular complexity index is 576. The quantitative estimate of drug-likeness (QED) is 0.148. The van der Waals surface area contributed by atoms with E-state index in [2.05, 4.69) is 74.4 Å². The second kappa shape index (κ2) is 10.5. The number of aliphatic hydroxyl groups is 2. The maximum Gasteiger partial charge on any atom is 0.339 e. The largest absolute Gasteiger partial charge is 0.459 e. The van der Waals surface area contributed by atoms with Gasteiger partial charge in [-0.05, 0) is 92.4 Å². The average Bonchev–Trinajstić information content (AvgIpc) is 2.48. The summed E-state index contributed by atoms with van der Waals surface area (Å²) in [5, 5.41) is 19.2. The molecule has 8 heteroatoms. The third kappa shape index (κ3) is 7.50. The van der Waals surface area contributed by atoms with Crippen molar-refractivity contribution in [2.75, 3.05) is 13.2 Å². The van der Waals surface area contributed by atoms with Gasteiger partial charge in [0.15, 0.2) is 6.29 Å². The van der Waals surface area contributed by atoms with Crippen LogP contribution in [0.25, 0.3) is 0 Å². The zero-order chi connectivity index (χ0) is 17.6. The molecule has 0 saturated heterocycles. The number of hydrogen-bond acceptors (Lipinski definition) is 5. The van der Waals surface area contributed by atoms with Gasteiger partial charge in [-0.2, -0.15) is 0 Å². The van der Waals surface area contributed by atoms with E-state index in [1.54, 1.807) is 13.0 Å². The molecule has 0 saturated carbocycles. The molecule has 2 N–H and O–H groups in total. The van der Waals surface area contributed by atoms with Crippen molar-refractivity contribution in [3.63, 3.8) is 0 Å². The molecule has 0 aromatic heterocycles. The molecule has 2 atom stereocenters. The Morgan fingerprint density at radius 1 is 1.30 bits per heavy atom. The number of hydrogen-bond donors (Lipinski definition) is 2. The summed E-state index contributed by atoms with van der Waals surface area (Å²) in [6.45, 7) is 5.23. The van der Waals surface area contributed by atoms with Crippen molar-refractivity contribution in [2.24, 2.45) is 0 Å². The summed E-state index contributed by atoms with van der Waals surface area (Å²) >= 11 is 6.40. The number of esters is 1. The topological polar surface area (TPSA) is 76.0 Å². The van der Waals surface area contributed by atoms with E-state index in [1.165, 1.54) is 0 Å². The highest BCUT2D eigenvalue weighted by molar-refractivity contribution is 14.1. The van der Waals surface area contributed by atoms with Crippen LogP contribution < -0.4 is 0 Å². The van der Waals surface area contributed by atoms with Gasteiger partial charge in [0.1, 0.15) is 6.61 Å². The summed E-state index contributed by atoms with van der Waals surface area (Å²) in [4.78, 5) is 12.1. The summed E-state index contributed by atoms with van der Waals surface area (Å²) in [6.07, 6.45) is -1.64. The van der Waals surface area contributed by atoms with Gasteiger partial charge in [0.05, 0.1) is 18.3 Å². The van der Waals surface area contributed by atoms with Gasteiger partial charge in [-0.15, -0.1) is 0 Å². The zero-order valence-electron chi connectivity index (χ0n) is 12.4. The minimum absolute atomic E-state index is 0.122. The summed E-state index contributed by atoms with van der Waals surface area (Å²) in [7, 11) is 0. The molecular formula is C15H17I3O5. The molecule has 5 nitrogen and oxygen atoms in total. The van der Waals surface area contributed by atoms with Gasteiger partial charge in [0.25, 0.3) is 0 Å². The fraction of sp³-hybridized carbons (Fsp3) is 0.400. The number of rotatable bonds is 8. The van der Waals surface area contributed by atoms with Crippen molar-refractivity contribution in [2.45, 2.75) is 25.7 Å². The van der Waals surface area contributed by atoms with Crippen LogP contribution in [0.5, 0.6) is 0 Å². The Labute approximate surface area is 176 Å². The Balaban J connectivity index is 2.46. The molecule has 0 radical (unpaired) electrons. The fourth-order valence-electron chi connectivity index (χ4n) is 1.50. The second-order valence-electron chi connectivity index (χ2n) is 4.86. The summed E-state index contributed by atoms with van der Waals surface area (Å²) < 4.78 is 13.0. The van der Waals surface area contributed by atoms with Gasteiger partial charge in [-0.1, -0.05) is 6.58 Å². The molecule has 1 aromatic rings. The van der Waals surface area contributed by atoms with Gasteiger partial charge >= 0.3 is 5.97 Å². The van der Waals surface area contributed by atoms with Crippen LogP contribution >= 0.6 is 67.8 Å². The number of halogens is 3. The third-order valence-electron chi connectivity index (χ3n) is 2.77. The molecular weight excluding hydrogens is 641 g/mol. The minimum atomic E-state index is -1.04. The van der Waals surface area contributed by atoms with Gasteiger partial charge < -0.3 is 19.7 Å². The molecule has 0 spiro atoms. The van der Waals surface area contributed by atoms with Crippen LogP contribution in [0.1, 0.15) is 23.7 Å². The van der Waals surface area contributed by atoms with Crippen molar-refractivity contribution in [3.8, 4) is 0 Å². The minimum Gasteiger partial charge on any atom is -0.459 e. The number of carbonyl (C=O) groups is 1. The predicted molar refractivity (Wildman–Crippen MR) is 112 cm³/mol. The van der Waals surface area contributed by atoms with Crippen LogP contribution in [0.2, 0.25) is 0 Å². The van der Waals surface area contributed by atoms with E-state index < -0.39 is 18.4 Å². The molecule has 0 heterocycles. The predicted octanol–water partition coefficient (Wildman–Crippen LogP) is 3.32. The van der Waals surface area contributed by atoms with E-state index >= 15 is 0 Å². The number of benzene rings is 1. The van der Waals surface area contributed by atoms with E-state index in [0.29, 0.717) is 11.1 Å². The zero-order valence-corrected chi connectivity index (χ0v) is 18.9. The smallest absolute Gasteiger partial charge is 0.339 e. The fourth-order valence-corrected chi connectivity index (χ4v) is 3.87. The van der Waals surface area contributed by atoms with Crippen LogP contribution in [-0.2, 0) is 9.47 Å². The highest BCUT2D eigenvalue weighted by Crippen LogP contribution is 2.23. The Morgan fingerprint density at radius 2 is 1.96 bits per heavy atom. The molecule has 0 aliphatic heterocycles. The number of aliphatic hydroxyl groups excluding tert-OH is 2. The van der Waals surface area contributed by atoms with Crippen molar-refractivity contribution < 1.29 is 24.5 Å². The van der Waals surface area contributed by atoms with Gasteiger partial charge in [0, 0.05) is 17.1 Å². The van der Waals surface area contributed by atoms with Crippen LogP contribution in [0.4, 0.5) is 0 Å². The van der Waals surface area contributed by atoms with Crippen LogP contribution in [0, 0.1) is 10.7 Å². The third-order valence-corrected chi connectivity index (χ3v) is 6.44. The van der Waals surface area contributed by atoms with E-state index in [9.17, 15) is 15.0 Å². The van der Waals surface area contributed by atoms with Crippen molar-refractivity contribution >= 4 is 73.7 Å². The first-order chi connectivity index (χ1) is 10.7. The molecule has 0 amide bonds. The van der Waals surface area contributed by atoms with E-state index in [0.717, 1.165) is 10.7 Å². The highest BCUT2D eigenvalue weighted by Gasteiger charge is 2.17. The molecule has 128 valence electrons. The SMILES string of the molecule is C=C(C)C(O)OCCC(O)COC(=O)c1cc(I)cc(I)c1I. The van der Waals surface area contributed by atoms with Gasteiger partial charge in [-0.3, -0.25) is 0 Å². The van der Waals surface area contributed by atoms with Crippen molar-refractivity contribution in [3.05, 3.63) is 40.6 Å². The first-order valence-electron chi connectivity index (χ1n) is 6.67. The van der Waals surface area contributed by atoms with Crippen molar-refractivity contribution in [1.82, 2.24) is 0 Å². The normalized spacial score (nSPS) is 13.5. The molecule has 0 aliphatic rings. The average molecular weight is 658 g/mol. The maximum absolute atomic E-state index is 12.1. The maximum atomic E-state index is 12.1. The van der Waals surface area contributed by atoms with E-state index in [-0.39, 0.29) is 19.6 Å². The molecule has 1 aromatic carbocycles. The van der Waals surface area contributed by atoms with Gasteiger partial charge in [-0.25, -0.2) is 4.79 Å². The Morgan fingerprint density at radius 3 is 2.57 bits per heavy atom. The van der Waals surface area contributed by atoms with Crippen LogP contribution in [0.15, 0.2) is 24.3 Å². The highest BCUT2D eigenvalue weighted by atomic mass is 127. The lowest BCUT2D eigenvalue weighted by Crippen LogP contribution is -2.23. The lowest BCUT2D eigenvalue weighted by Gasteiger charge is -2.15. The standard InChI is InChI=1S/C15H17I3O5/c1-8(2)14(20)22-4-3-10(19)7-23-15(21)11-5-9(16)6-12(17)13(11)18/h5-6,10,14,19-20H,1,3-4,7H2,2H3. The second-order valence-corrected chi connectivity index (χ2v) is 8.35. The van der Waals surface area contributed by atoms with Crippen LogP contribution in [0.3, 0.4) is 0 Å². The van der Waals surface area contributed by atoms with E-state index in [4.69, 9.17) is 9.47 Å². The molecule has 23 heavy (non-hydrogen) atoms. The van der Waals surface area contributed by atoms with E-state index in [1.807, 2.05) is 6.07 Å².